The van der Waals surface area contributed by atoms with Crippen molar-refractivity contribution >= 4 is 31.5 Å². The Kier molecular flexibility index (Phi) is 5.96. The molecule has 0 unspecified atom stereocenters. The average Bonchev–Trinajstić information content (AvgIpc) is 2.65. The topological polar surface area (TPSA) is 52.0 Å². The van der Waals surface area contributed by atoms with Crippen molar-refractivity contribution in [2.45, 2.75) is 32.1 Å². The molecule has 0 N–H and O–H groups in total. The van der Waals surface area contributed by atoms with Crippen LogP contribution in [-0.4, -0.2) is 61.7 Å². The predicted molar refractivity (Wildman–Crippen MR) is 109 cm³/mol. The fourth-order valence-electron chi connectivity index (χ4n) is 3.57. The van der Waals surface area contributed by atoms with Crippen molar-refractivity contribution in [1.29, 1.82) is 0 Å². The third-order valence-electron chi connectivity index (χ3n) is 5.33. The average molecular weight is 353 g/mol. The molecule has 0 aliphatic carbocycles. The molecular weight excluding hydrogens is 325 g/mol. The number of piperidine rings is 1. The van der Waals surface area contributed by atoms with E-state index in [0.29, 0.717) is 12.2 Å². The van der Waals surface area contributed by atoms with Crippen LogP contribution in [0.15, 0.2) is 35.6 Å². The Morgan fingerprint density at radius 3 is 2.77 bits per heavy atom. The van der Waals surface area contributed by atoms with Gasteiger partial charge >= 0.3 is 6.03 Å². The number of carbonyl (C=O) groups is 1. The smallest absolute Gasteiger partial charge is 0.344 e. The van der Waals surface area contributed by atoms with E-state index in [1.165, 1.54) is 19.3 Å². The number of anilines is 1. The zero-order valence-electron chi connectivity index (χ0n) is 15.9. The number of aromatic nitrogens is 1. The number of hydrazone groups is 1. The summed E-state index contributed by atoms with van der Waals surface area (Å²) in [4.78, 5) is 20.7. The molecule has 0 aromatic carbocycles. The van der Waals surface area contributed by atoms with Gasteiger partial charge in [0.15, 0.2) is 7.85 Å². The number of pyridine rings is 1. The predicted octanol–water partition coefficient (Wildman–Crippen LogP) is 1.59. The van der Waals surface area contributed by atoms with Crippen LogP contribution in [0, 0.1) is 5.92 Å². The summed E-state index contributed by atoms with van der Waals surface area (Å²) in [5, 5.41) is 5.72. The first-order chi connectivity index (χ1) is 12.5. The molecule has 26 heavy (non-hydrogen) atoms. The highest BCUT2D eigenvalue weighted by molar-refractivity contribution is 6.30. The van der Waals surface area contributed by atoms with Crippen LogP contribution in [0.25, 0.3) is 0 Å². The van der Waals surface area contributed by atoms with Gasteiger partial charge < -0.3 is 4.90 Å². The van der Waals surface area contributed by atoms with Crippen LogP contribution in [0.2, 0.25) is 0 Å². The molecule has 1 saturated heterocycles. The fourth-order valence-corrected chi connectivity index (χ4v) is 3.57. The van der Waals surface area contributed by atoms with E-state index < -0.39 is 0 Å². The zero-order valence-corrected chi connectivity index (χ0v) is 15.9. The lowest BCUT2D eigenvalue weighted by Gasteiger charge is -2.33. The van der Waals surface area contributed by atoms with E-state index in [4.69, 9.17) is 0 Å². The molecule has 0 spiro atoms. The van der Waals surface area contributed by atoms with Gasteiger partial charge in [0.05, 0.1) is 11.9 Å². The van der Waals surface area contributed by atoms with Gasteiger partial charge in [-0.2, -0.15) is 5.10 Å². The van der Waals surface area contributed by atoms with E-state index in [0.717, 1.165) is 43.3 Å². The number of carbonyl (C=O) groups excluding carboxylic acids is 1. The Morgan fingerprint density at radius 2 is 2.04 bits per heavy atom. The second-order valence-electron chi connectivity index (χ2n) is 7.26. The van der Waals surface area contributed by atoms with Gasteiger partial charge in [0, 0.05) is 26.7 Å². The van der Waals surface area contributed by atoms with Crippen LogP contribution in [0.5, 0.6) is 0 Å². The highest BCUT2D eigenvalue weighted by atomic mass is 16.2. The number of hydrogen-bond acceptors (Lipinski definition) is 4. The quantitative estimate of drug-likeness (QED) is 0.577. The monoisotopic (exact) mass is 353 g/mol. The molecule has 3 heterocycles. The van der Waals surface area contributed by atoms with Crippen LogP contribution in [0.3, 0.4) is 0 Å². The van der Waals surface area contributed by atoms with Crippen LogP contribution >= 0.6 is 0 Å². The number of urea groups is 1. The van der Waals surface area contributed by atoms with E-state index in [-0.39, 0.29) is 6.03 Å². The summed E-state index contributed by atoms with van der Waals surface area (Å²) in [6.07, 6.45) is 7.44. The molecule has 2 aliphatic rings. The molecule has 138 valence electrons. The Bertz CT molecular complexity index is 684. The van der Waals surface area contributed by atoms with Crippen molar-refractivity contribution < 1.29 is 4.79 Å². The van der Waals surface area contributed by atoms with E-state index in [9.17, 15) is 4.79 Å². The molecule has 1 aromatic heterocycles. The summed E-state index contributed by atoms with van der Waals surface area (Å²) in [6, 6.07) is 6.15. The number of amides is 2. The number of nitrogens with zero attached hydrogens (tertiary/aromatic N) is 5. The Balaban J connectivity index is 1.36. The SMILES string of the molecule is Bc1cccc(N2CCC(CCCCN3N=CC(=C)N(C)C3=O)CC2)n1. The molecule has 0 atom stereocenters. The molecule has 6 nitrogen and oxygen atoms in total. The van der Waals surface area contributed by atoms with E-state index in [1.807, 2.05) is 13.9 Å². The van der Waals surface area contributed by atoms with Gasteiger partial charge in [0.1, 0.15) is 5.82 Å². The third kappa shape index (κ3) is 4.45. The van der Waals surface area contributed by atoms with Gasteiger partial charge in [-0.15, -0.1) is 0 Å². The lowest BCUT2D eigenvalue weighted by Crippen LogP contribution is -2.41. The lowest BCUT2D eigenvalue weighted by atomic mass is 9.91. The largest absolute Gasteiger partial charge is 0.357 e. The Hall–Kier alpha value is -2.31. The Morgan fingerprint density at radius 1 is 1.27 bits per heavy atom. The van der Waals surface area contributed by atoms with Crippen molar-refractivity contribution in [2.24, 2.45) is 11.0 Å². The maximum Gasteiger partial charge on any atom is 0.344 e. The maximum atomic E-state index is 12.1. The third-order valence-corrected chi connectivity index (χ3v) is 5.33. The second kappa shape index (κ2) is 8.38. The second-order valence-corrected chi connectivity index (χ2v) is 7.26. The fraction of sp³-hybridized carbons (Fsp3) is 0.526. The van der Waals surface area contributed by atoms with Gasteiger partial charge in [-0.1, -0.05) is 31.6 Å². The first kappa shape index (κ1) is 18.5. The summed E-state index contributed by atoms with van der Waals surface area (Å²) in [5.41, 5.74) is 1.72. The molecule has 3 rings (SSSR count). The summed E-state index contributed by atoms with van der Waals surface area (Å²) in [6.45, 7) is 6.64. The molecule has 1 aromatic rings. The highest BCUT2D eigenvalue weighted by Crippen LogP contribution is 2.25. The number of allylic oxidation sites excluding steroid dienone is 1. The Labute approximate surface area is 157 Å². The number of unbranched alkanes of at least 4 members (excludes halogenated alkanes) is 1. The standard InChI is InChI=1S/C19H28BN5O/c1-15-14-21-25(19(26)23(15)2)11-4-3-6-16-9-12-24(13-10-16)18-8-5-7-17(20)22-18/h5,7-8,14,16H,1,3-4,6,9-13,20H2,2H3. The van der Waals surface area contributed by atoms with E-state index in [2.05, 4.69) is 33.7 Å². The number of hydrogen-bond donors (Lipinski definition) is 0. The van der Waals surface area contributed by atoms with Gasteiger partial charge in [-0.25, -0.2) is 14.8 Å². The first-order valence-electron chi connectivity index (χ1n) is 9.51. The minimum absolute atomic E-state index is 0.0866. The molecule has 0 saturated carbocycles. The van der Waals surface area contributed by atoms with Gasteiger partial charge in [-0.3, -0.25) is 4.90 Å². The van der Waals surface area contributed by atoms with Gasteiger partial charge in [-0.05, 0) is 36.8 Å². The molecule has 2 aliphatic heterocycles. The maximum absolute atomic E-state index is 12.1. The minimum Gasteiger partial charge on any atom is -0.357 e. The van der Waals surface area contributed by atoms with Crippen LogP contribution < -0.4 is 10.5 Å². The molecule has 2 amide bonds. The van der Waals surface area contributed by atoms with Crippen LogP contribution in [-0.2, 0) is 0 Å². The van der Waals surface area contributed by atoms with Crippen molar-refractivity contribution in [1.82, 2.24) is 14.9 Å². The molecule has 1 fully saturated rings. The van der Waals surface area contributed by atoms with Crippen molar-refractivity contribution in [3.05, 3.63) is 30.5 Å². The minimum atomic E-state index is -0.0866. The van der Waals surface area contributed by atoms with E-state index >= 15 is 0 Å². The van der Waals surface area contributed by atoms with Gasteiger partial charge in [0.25, 0.3) is 0 Å². The van der Waals surface area contributed by atoms with Crippen LogP contribution in [0.1, 0.15) is 32.1 Å². The molecule has 0 bridgehead atoms. The van der Waals surface area contributed by atoms with E-state index in [1.54, 1.807) is 23.2 Å². The first-order valence-corrected chi connectivity index (χ1v) is 9.51. The molecule has 0 radical (unpaired) electrons. The summed E-state index contributed by atoms with van der Waals surface area (Å²) in [5.74, 6) is 1.88. The van der Waals surface area contributed by atoms with Crippen molar-refractivity contribution in [3.8, 4) is 0 Å². The summed E-state index contributed by atoms with van der Waals surface area (Å²) >= 11 is 0. The van der Waals surface area contributed by atoms with Crippen molar-refractivity contribution in [2.75, 3.05) is 31.6 Å². The molecular formula is C19H28BN5O. The number of rotatable bonds is 6. The zero-order chi connectivity index (χ0) is 18.5. The van der Waals surface area contributed by atoms with Gasteiger partial charge in [0.2, 0.25) is 0 Å². The summed E-state index contributed by atoms with van der Waals surface area (Å²) in [7, 11) is 3.78. The van der Waals surface area contributed by atoms with Crippen molar-refractivity contribution in [3.63, 3.8) is 0 Å². The summed E-state index contributed by atoms with van der Waals surface area (Å²) < 4.78 is 0. The van der Waals surface area contributed by atoms with Crippen LogP contribution in [0.4, 0.5) is 10.6 Å². The molecule has 7 heteroatoms. The highest BCUT2D eigenvalue weighted by Gasteiger charge is 2.23. The normalized spacial score (nSPS) is 18.7. The lowest BCUT2D eigenvalue weighted by molar-refractivity contribution is 0.171.